The van der Waals surface area contributed by atoms with Gasteiger partial charge in [-0.15, -0.1) is 0 Å². The molecule has 2 bridgehead atoms. The van der Waals surface area contributed by atoms with Crippen LogP contribution in [-0.2, 0) is 16.8 Å². The van der Waals surface area contributed by atoms with Crippen molar-refractivity contribution in [2.45, 2.75) is 49.7 Å². The number of hydrogen-bond acceptors (Lipinski definition) is 4. The lowest BCUT2D eigenvalue weighted by Gasteiger charge is -2.28. The fourth-order valence-corrected chi connectivity index (χ4v) is 6.13. The normalized spacial score (nSPS) is 25.4. The summed E-state index contributed by atoms with van der Waals surface area (Å²) >= 11 is 8.53. The number of hydrogen-bond donors (Lipinski definition) is 1. The number of fused-ring (bicyclic) bond motifs is 3. The van der Waals surface area contributed by atoms with E-state index >= 15 is 0 Å². The van der Waals surface area contributed by atoms with Gasteiger partial charge in [0.05, 0.1) is 0 Å². The number of ether oxygens (including phenoxy) is 1. The highest BCUT2D eigenvalue weighted by molar-refractivity contribution is 14.1. The minimum absolute atomic E-state index is 0.0519. The Morgan fingerprint density at radius 3 is 2.76 bits per heavy atom. The zero-order valence-electron chi connectivity index (χ0n) is 15.7. The van der Waals surface area contributed by atoms with Crippen LogP contribution >= 0.6 is 34.2 Å². The maximum atomic E-state index is 12.5. The molecular weight excluding hydrogens is 503 g/mol. The van der Waals surface area contributed by atoms with Gasteiger partial charge in [-0.25, -0.2) is 14.8 Å². The number of nitrogens with zero attached hydrogens (tertiary/aromatic N) is 3. The van der Waals surface area contributed by atoms with Gasteiger partial charge in [0.25, 0.3) is 0 Å². The summed E-state index contributed by atoms with van der Waals surface area (Å²) in [6.07, 6.45) is 8.00. The molecule has 1 N–H and O–H groups in total. The molecule has 2 heterocycles. The summed E-state index contributed by atoms with van der Waals surface area (Å²) in [7, 11) is 0. The van der Waals surface area contributed by atoms with Gasteiger partial charge in [-0.05, 0) is 60.3 Å². The summed E-state index contributed by atoms with van der Waals surface area (Å²) in [5.41, 5.74) is 1.57. The second kappa shape index (κ2) is 7.12. The van der Waals surface area contributed by atoms with Gasteiger partial charge in [0.15, 0.2) is 5.15 Å². The Labute approximate surface area is 187 Å². The summed E-state index contributed by atoms with van der Waals surface area (Å²) in [6.45, 7) is 0.280. The maximum absolute atomic E-state index is 12.5. The number of halogens is 2. The lowest BCUT2D eigenvalue weighted by molar-refractivity contribution is 0.126. The van der Waals surface area contributed by atoms with Crippen molar-refractivity contribution in [1.82, 2.24) is 19.7 Å². The van der Waals surface area contributed by atoms with Gasteiger partial charge in [0, 0.05) is 23.3 Å². The first kappa shape index (κ1) is 19.1. The Morgan fingerprint density at radius 1 is 1.24 bits per heavy atom. The molecule has 0 atom stereocenters. The average Bonchev–Trinajstić information content (AvgIpc) is 3.38. The molecule has 0 spiro atoms. The highest BCUT2D eigenvalue weighted by atomic mass is 127. The van der Waals surface area contributed by atoms with E-state index in [0.717, 1.165) is 52.7 Å². The molecule has 2 saturated carbocycles. The molecule has 6 nitrogen and oxygen atoms in total. The molecule has 1 amide bonds. The van der Waals surface area contributed by atoms with Gasteiger partial charge in [0.2, 0.25) is 0 Å². The van der Waals surface area contributed by atoms with Crippen LogP contribution in [-0.4, -0.2) is 26.0 Å². The van der Waals surface area contributed by atoms with Crippen LogP contribution in [0.2, 0.25) is 5.15 Å². The van der Waals surface area contributed by atoms with Crippen molar-refractivity contribution in [2.24, 2.45) is 0 Å². The molecule has 0 unspecified atom stereocenters. The van der Waals surface area contributed by atoms with Crippen molar-refractivity contribution in [3.05, 3.63) is 63.0 Å². The van der Waals surface area contributed by atoms with Crippen molar-refractivity contribution < 1.29 is 9.53 Å². The highest BCUT2D eigenvalue weighted by Crippen LogP contribution is 2.57. The van der Waals surface area contributed by atoms with Crippen molar-refractivity contribution in [2.75, 3.05) is 0 Å². The number of imidazole rings is 1. The molecule has 29 heavy (non-hydrogen) atoms. The van der Waals surface area contributed by atoms with E-state index in [1.165, 1.54) is 0 Å². The third kappa shape index (κ3) is 3.28. The quantitative estimate of drug-likeness (QED) is 0.497. The van der Waals surface area contributed by atoms with Gasteiger partial charge in [-0.1, -0.05) is 41.9 Å². The number of aromatic nitrogens is 3. The molecular formula is C21H20ClIN4O2. The van der Waals surface area contributed by atoms with Gasteiger partial charge >= 0.3 is 6.09 Å². The lowest BCUT2D eigenvalue weighted by Crippen LogP contribution is -2.45. The molecule has 2 aromatic heterocycles. The lowest BCUT2D eigenvalue weighted by atomic mass is 9.83. The number of alkyl carbamates (subject to hydrolysis) is 1. The third-order valence-electron chi connectivity index (χ3n) is 6.36. The molecule has 0 radical (unpaired) electrons. The summed E-state index contributed by atoms with van der Waals surface area (Å²) < 4.78 is 8.41. The predicted octanol–water partition coefficient (Wildman–Crippen LogP) is 4.87. The molecule has 2 fully saturated rings. The van der Waals surface area contributed by atoms with E-state index in [1.807, 2.05) is 36.5 Å². The van der Waals surface area contributed by atoms with Gasteiger partial charge in [0.1, 0.15) is 21.6 Å². The van der Waals surface area contributed by atoms with Crippen LogP contribution in [0, 0.1) is 3.70 Å². The Bertz CT molecular complexity index is 1080. The van der Waals surface area contributed by atoms with Crippen LogP contribution in [0.4, 0.5) is 4.79 Å². The molecule has 2 aliphatic carbocycles. The zero-order chi connectivity index (χ0) is 20.1. The van der Waals surface area contributed by atoms with Crippen LogP contribution in [0.5, 0.6) is 0 Å². The fourth-order valence-electron chi connectivity index (χ4n) is 4.99. The smallest absolute Gasteiger partial charge is 0.407 e. The summed E-state index contributed by atoms with van der Waals surface area (Å²) in [5.74, 6) is 1.03. The Balaban J connectivity index is 1.34. The second-order valence-corrected chi connectivity index (χ2v) is 9.47. The molecule has 3 aromatic rings. The Kier molecular flexibility index (Phi) is 4.70. The van der Waals surface area contributed by atoms with E-state index in [0.29, 0.717) is 5.15 Å². The molecule has 0 aliphatic heterocycles. The third-order valence-corrected chi connectivity index (χ3v) is 7.39. The van der Waals surface area contributed by atoms with E-state index < -0.39 is 0 Å². The standard InChI is InChI=1S/C21H20ClIN4O2/c22-16-15-17(23)25-18(27(15)11-10-24-16)20-6-8-21(13-20,9-7-20)26-19(28)29-12-14-4-2-1-3-5-14/h1-5,10-11H,6-9,12-13H2,(H,26,28). The Hall–Kier alpha value is -1.87. The molecule has 1 aromatic carbocycles. The van der Waals surface area contributed by atoms with Crippen LogP contribution in [0.3, 0.4) is 0 Å². The minimum Gasteiger partial charge on any atom is -0.445 e. The first-order chi connectivity index (χ1) is 14.0. The number of amides is 1. The number of rotatable bonds is 4. The molecule has 5 rings (SSSR count). The molecule has 0 saturated heterocycles. The monoisotopic (exact) mass is 522 g/mol. The summed E-state index contributed by atoms with van der Waals surface area (Å²) in [6, 6.07) is 9.73. The maximum Gasteiger partial charge on any atom is 0.407 e. The predicted molar refractivity (Wildman–Crippen MR) is 118 cm³/mol. The van der Waals surface area contributed by atoms with Gasteiger partial charge in [-0.2, -0.15) is 0 Å². The van der Waals surface area contributed by atoms with Crippen LogP contribution in [0.1, 0.15) is 43.5 Å². The number of benzene rings is 1. The van der Waals surface area contributed by atoms with Gasteiger partial charge in [-0.3, -0.25) is 4.40 Å². The van der Waals surface area contributed by atoms with E-state index in [2.05, 4.69) is 37.3 Å². The molecule has 2 aliphatic rings. The number of carbonyl (C=O) groups is 1. The summed E-state index contributed by atoms with van der Waals surface area (Å²) in [4.78, 5) is 21.5. The van der Waals surface area contributed by atoms with Crippen molar-refractivity contribution >= 4 is 45.8 Å². The molecule has 150 valence electrons. The van der Waals surface area contributed by atoms with Gasteiger partial charge < -0.3 is 10.1 Å². The first-order valence-electron chi connectivity index (χ1n) is 9.68. The summed E-state index contributed by atoms with van der Waals surface area (Å²) in [5, 5.41) is 3.65. The molecule has 8 heteroatoms. The number of carbonyl (C=O) groups excluding carboxylic acids is 1. The minimum atomic E-state index is -0.346. The van der Waals surface area contributed by atoms with E-state index in [-0.39, 0.29) is 23.7 Å². The first-order valence-corrected chi connectivity index (χ1v) is 11.1. The van der Waals surface area contributed by atoms with Crippen LogP contribution in [0.15, 0.2) is 42.7 Å². The van der Waals surface area contributed by atoms with Crippen LogP contribution in [0.25, 0.3) is 5.52 Å². The van der Waals surface area contributed by atoms with Crippen molar-refractivity contribution in [3.63, 3.8) is 0 Å². The SMILES string of the molecule is O=C(NC12CCC(c3nc(I)c4c(Cl)nccn34)(CC1)C2)OCc1ccccc1. The van der Waals surface area contributed by atoms with Crippen LogP contribution < -0.4 is 5.32 Å². The van der Waals surface area contributed by atoms with E-state index in [9.17, 15) is 4.79 Å². The van der Waals surface area contributed by atoms with E-state index in [4.69, 9.17) is 21.3 Å². The van der Waals surface area contributed by atoms with Crippen molar-refractivity contribution in [3.8, 4) is 0 Å². The number of nitrogens with one attached hydrogen (secondary N) is 1. The van der Waals surface area contributed by atoms with E-state index in [1.54, 1.807) is 6.20 Å². The average molecular weight is 523 g/mol. The van der Waals surface area contributed by atoms with Crippen molar-refractivity contribution in [1.29, 1.82) is 0 Å². The Morgan fingerprint density at radius 2 is 2.00 bits per heavy atom. The topological polar surface area (TPSA) is 68.5 Å². The largest absolute Gasteiger partial charge is 0.445 e. The highest BCUT2D eigenvalue weighted by Gasteiger charge is 2.57. The fraction of sp³-hybridized carbons (Fsp3) is 0.381. The second-order valence-electron chi connectivity index (χ2n) is 8.09. The zero-order valence-corrected chi connectivity index (χ0v) is 18.6.